The van der Waals surface area contributed by atoms with E-state index in [1.165, 1.54) is 0 Å². The van der Waals surface area contributed by atoms with Gasteiger partial charge >= 0.3 is 0 Å². The van der Waals surface area contributed by atoms with E-state index in [9.17, 15) is 4.79 Å². The van der Waals surface area contributed by atoms with E-state index in [0.29, 0.717) is 18.9 Å². The molecule has 0 aromatic carbocycles. The minimum absolute atomic E-state index is 0.0656. The maximum atomic E-state index is 12.2. The van der Waals surface area contributed by atoms with Crippen LogP contribution in [0.4, 0.5) is 11.6 Å². The molecule has 1 unspecified atom stereocenters. The molecular formula is C20H29N7O. The lowest BCUT2D eigenvalue weighted by molar-refractivity contribution is -0.121. The van der Waals surface area contributed by atoms with Gasteiger partial charge in [0.15, 0.2) is 0 Å². The van der Waals surface area contributed by atoms with Crippen molar-refractivity contribution in [2.75, 3.05) is 29.9 Å². The summed E-state index contributed by atoms with van der Waals surface area (Å²) in [7, 11) is 0. The van der Waals surface area contributed by atoms with Crippen molar-refractivity contribution in [2.24, 2.45) is 5.92 Å². The van der Waals surface area contributed by atoms with E-state index in [1.807, 2.05) is 6.07 Å². The number of carbonyl (C=O) groups is 1. The van der Waals surface area contributed by atoms with Crippen LogP contribution in [-0.2, 0) is 11.3 Å². The van der Waals surface area contributed by atoms with Gasteiger partial charge in [0, 0.05) is 44.5 Å². The van der Waals surface area contributed by atoms with Gasteiger partial charge < -0.3 is 15.5 Å². The Morgan fingerprint density at radius 2 is 2.21 bits per heavy atom. The summed E-state index contributed by atoms with van der Waals surface area (Å²) in [5, 5.41) is 6.24. The van der Waals surface area contributed by atoms with Crippen LogP contribution in [0.3, 0.4) is 0 Å². The van der Waals surface area contributed by atoms with E-state index in [-0.39, 0.29) is 5.91 Å². The van der Waals surface area contributed by atoms with Crippen LogP contribution in [0.15, 0.2) is 31.0 Å². The van der Waals surface area contributed by atoms with Gasteiger partial charge in [-0.05, 0) is 31.6 Å². The molecule has 8 heteroatoms. The van der Waals surface area contributed by atoms with E-state index in [2.05, 4.69) is 42.4 Å². The summed E-state index contributed by atoms with van der Waals surface area (Å²) in [6.45, 7) is 5.40. The molecule has 0 bridgehead atoms. The van der Waals surface area contributed by atoms with E-state index in [4.69, 9.17) is 0 Å². The Bertz CT molecular complexity index is 740. The van der Waals surface area contributed by atoms with Crippen LogP contribution < -0.4 is 15.5 Å². The van der Waals surface area contributed by atoms with Crippen molar-refractivity contribution in [3.8, 4) is 0 Å². The monoisotopic (exact) mass is 383 g/mol. The number of anilines is 2. The molecule has 0 saturated carbocycles. The first-order valence-electron chi connectivity index (χ1n) is 10.1. The third-order valence-corrected chi connectivity index (χ3v) is 4.91. The molecule has 1 fully saturated rings. The van der Waals surface area contributed by atoms with E-state index in [0.717, 1.165) is 62.6 Å². The summed E-state index contributed by atoms with van der Waals surface area (Å²) in [6, 6.07) is 2.02. The highest BCUT2D eigenvalue weighted by atomic mass is 16.1. The van der Waals surface area contributed by atoms with Crippen LogP contribution in [0.5, 0.6) is 0 Å². The number of hydrogen-bond acceptors (Lipinski definition) is 7. The molecule has 0 spiro atoms. The second-order valence-electron chi connectivity index (χ2n) is 7.15. The number of nitrogens with zero attached hydrogens (tertiary/aromatic N) is 5. The Balaban J connectivity index is 1.45. The molecule has 1 aliphatic rings. The van der Waals surface area contributed by atoms with Crippen LogP contribution in [0, 0.1) is 5.92 Å². The van der Waals surface area contributed by atoms with Crippen molar-refractivity contribution in [1.82, 2.24) is 25.3 Å². The van der Waals surface area contributed by atoms with Crippen LogP contribution in [0.2, 0.25) is 0 Å². The minimum atomic E-state index is 0.0656. The van der Waals surface area contributed by atoms with Crippen LogP contribution in [0.1, 0.15) is 44.7 Å². The first kappa shape index (κ1) is 20.0. The molecule has 1 amide bonds. The lowest BCUT2D eigenvalue weighted by atomic mass is 9.93. The number of carbonyl (C=O) groups excluding carboxylic acids is 1. The number of aromatic nitrogens is 4. The average Bonchev–Trinajstić information content (AvgIpc) is 2.76. The Labute approximate surface area is 166 Å². The molecule has 3 heterocycles. The van der Waals surface area contributed by atoms with Crippen LogP contribution in [-0.4, -0.2) is 45.5 Å². The van der Waals surface area contributed by atoms with Crippen LogP contribution >= 0.6 is 0 Å². The Morgan fingerprint density at radius 1 is 1.29 bits per heavy atom. The number of nitrogens with one attached hydrogen (secondary N) is 2. The molecule has 3 rings (SSSR count). The standard InChI is InChI=1S/C20H29N7O/c1-2-7-23-18-11-19(26-15-25-18)27-10-3-4-16(14-27)5-6-20(28)24-13-17-12-21-8-9-22-17/h8-9,11-12,15-16H,2-7,10,13-14H2,1H3,(H,24,28)(H,23,25,26). The van der Waals surface area contributed by atoms with E-state index in [1.54, 1.807) is 24.9 Å². The zero-order chi connectivity index (χ0) is 19.6. The molecule has 1 atom stereocenters. The molecule has 150 valence electrons. The Kier molecular flexibility index (Phi) is 7.52. The third-order valence-electron chi connectivity index (χ3n) is 4.91. The second kappa shape index (κ2) is 10.5. The summed E-state index contributed by atoms with van der Waals surface area (Å²) in [6.07, 6.45) is 11.3. The second-order valence-corrected chi connectivity index (χ2v) is 7.15. The van der Waals surface area contributed by atoms with Crippen molar-refractivity contribution < 1.29 is 4.79 Å². The predicted molar refractivity (Wildman–Crippen MR) is 109 cm³/mol. The van der Waals surface area contributed by atoms with Gasteiger partial charge in [0.25, 0.3) is 0 Å². The minimum Gasteiger partial charge on any atom is -0.370 e. The maximum absolute atomic E-state index is 12.2. The van der Waals surface area contributed by atoms with Gasteiger partial charge in [-0.1, -0.05) is 6.92 Å². The van der Waals surface area contributed by atoms with E-state index < -0.39 is 0 Å². The highest BCUT2D eigenvalue weighted by Gasteiger charge is 2.22. The lowest BCUT2D eigenvalue weighted by Gasteiger charge is -2.33. The zero-order valence-electron chi connectivity index (χ0n) is 16.5. The van der Waals surface area contributed by atoms with Crippen molar-refractivity contribution in [3.63, 3.8) is 0 Å². The Hall–Kier alpha value is -2.77. The molecule has 8 nitrogen and oxygen atoms in total. The zero-order valence-corrected chi connectivity index (χ0v) is 16.5. The number of piperidine rings is 1. The maximum Gasteiger partial charge on any atom is 0.220 e. The third kappa shape index (κ3) is 6.14. The molecule has 2 aromatic rings. The molecule has 1 aliphatic heterocycles. The normalized spacial score (nSPS) is 16.6. The molecule has 2 N–H and O–H groups in total. The van der Waals surface area contributed by atoms with Crippen molar-refractivity contribution in [3.05, 3.63) is 36.7 Å². The highest BCUT2D eigenvalue weighted by molar-refractivity contribution is 5.75. The first-order chi connectivity index (χ1) is 13.7. The topological polar surface area (TPSA) is 95.9 Å². The van der Waals surface area contributed by atoms with Gasteiger partial charge in [-0.25, -0.2) is 9.97 Å². The lowest BCUT2D eigenvalue weighted by Crippen LogP contribution is -2.36. The fraction of sp³-hybridized carbons (Fsp3) is 0.550. The van der Waals surface area contributed by atoms with Gasteiger partial charge in [-0.15, -0.1) is 0 Å². The van der Waals surface area contributed by atoms with Crippen LogP contribution in [0.25, 0.3) is 0 Å². The van der Waals surface area contributed by atoms with Gasteiger partial charge in [-0.3, -0.25) is 14.8 Å². The number of hydrogen-bond donors (Lipinski definition) is 2. The van der Waals surface area contributed by atoms with Crippen molar-refractivity contribution >= 4 is 17.5 Å². The SMILES string of the molecule is CCCNc1cc(N2CCCC(CCC(=O)NCc3cnccn3)C2)ncn1. The molecule has 2 aromatic heterocycles. The van der Waals surface area contributed by atoms with Crippen molar-refractivity contribution in [1.29, 1.82) is 0 Å². The predicted octanol–water partition coefficient (Wildman–Crippen LogP) is 2.40. The first-order valence-corrected chi connectivity index (χ1v) is 10.1. The highest BCUT2D eigenvalue weighted by Crippen LogP contribution is 2.25. The smallest absolute Gasteiger partial charge is 0.220 e. The average molecular weight is 384 g/mol. The number of amides is 1. The fourth-order valence-electron chi connectivity index (χ4n) is 3.41. The number of rotatable bonds is 9. The quantitative estimate of drug-likeness (QED) is 0.686. The Morgan fingerprint density at radius 3 is 3.04 bits per heavy atom. The van der Waals surface area contributed by atoms with Gasteiger partial charge in [0.1, 0.15) is 18.0 Å². The van der Waals surface area contributed by atoms with Gasteiger partial charge in [0.05, 0.1) is 18.4 Å². The van der Waals surface area contributed by atoms with Gasteiger partial charge in [0.2, 0.25) is 5.91 Å². The van der Waals surface area contributed by atoms with E-state index >= 15 is 0 Å². The summed E-state index contributed by atoms with van der Waals surface area (Å²) < 4.78 is 0. The summed E-state index contributed by atoms with van der Waals surface area (Å²) in [4.78, 5) is 31.4. The fourth-order valence-corrected chi connectivity index (χ4v) is 3.41. The summed E-state index contributed by atoms with van der Waals surface area (Å²) in [5.41, 5.74) is 0.774. The molecular weight excluding hydrogens is 354 g/mol. The molecule has 0 aliphatic carbocycles. The van der Waals surface area contributed by atoms with Crippen molar-refractivity contribution in [2.45, 2.75) is 45.6 Å². The molecule has 28 heavy (non-hydrogen) atoms. The summed E-state index contributed by atoms with van der Waals surface area (Å²) >= 11 is 0. The summed E-state index contributed by atoms with van der Waals surface area (Å²) in [5.74, 6) is 2.40. The largest absolute Gasteiger partial charge is 0.370 e. The van der Waals surface area contributed by atoms with Gasteiger partial charge in [-0.2, -0.15) is 0 Å². The molecule has 1 saturated heterocycles. The molecule has 0 radical (unpaired) electrons.